The largest absolute Gasteiger partial charge is 0.495 e. The second-order valence-corrected chi connectivity index (χ2v) is 10.1. The topological polar surface area (TPSA) is 76.2 Å². The molecule has 8 heteroatoms. The summed E-state index contributed by atoms with van der Waals surface area (Å²) in [6, 6.07) is 17.3. The van der Waals surface area contributed by atoms with Crippen LogP contribution in [-0.2, 0) is 14.8 Å². The molecule has 0 bridgehead atoms. The minimum Gasteiger partial charge on any atom is -0.495 e. The van der Waals surface area contributed by atoms with Gasteiger partial charge in [0.1, 0.15) is 22.9 Å². The van der Waals surface area contributed by atoms with Crippen LogP contribution in [0.2, 0.25) is 0 Å². The van der Waals surface area contributed by atoms with Crippen LogP contribution in [0.5, 0.6) is 11.5 Å². The number of nitrogens with zero attached hydrogens (tertiary/aromatic N) is 2. The van der Waals surface area contributed by atoms with Gasteiger partial charge in [-0.05, 0) is 92.9 Å². The Morgan fingerprint density at radius 3 is 2.14 bits per heavy atom. The van der Waals surface area contributed by atoms with Crippen LogP contribution in [0, 0.1) is 20.8 Å². The van der Waals surface area contributed by atoms with E-state index in [1.165, 1.54) is 12.0 Å². The molecule has 0 aliphatic rings. The van der Waals surface area contributed by atoms with Gasteiger partial charge in [0.2, 0.25) is 5.91 Å². The number of aryl methyl sites for hydroxylation is 3. The van der Waals surface area contributed by atoms with Crippen molar-refractivity contribution in [1.82, 2.24) is 0 Å². The quantitative estimate of drug-likeness (QED) is 0.422. The SMILES string of the molecule is CCOc1ccc(N(CC(=O)N(C)c2ccc(C)c(C)c2)S(=O)(=O)c2cc(C)ccc2OC)cc1. The van der Waals surface area contributed by atoms with Gasteiger partial charge in [0, 0.05) is 12.7 Å². The average molecular weight is 497 g/mol. The van der Waals surface area contributed by atoms with Gasteiger partial charge in [0.15, 0.2) is 0 Å². The molecule has 0 radical (unpaired) electrons. The number of methoxy groups -OCH3 is 1. The Kier molecular flexibility index (Phi) is 8.07. The molecule has 0 heterocycles. The van der Waals surface area contributed by atoms with Crippen molar-refractivity contribution in [3.8, 4) is 11.5 Å². The summed E-state index contributed by atoms with van der Waals surface area (Å²) in [5, 5.41) is 0. The highest BCUT2D eigenvalue weighted by Crippen LogP contribution is 2.32. The summed E-state index contributed by atoms with van der Waals surface area (Å²) in [7, 11) is -1.09. The Bertz CT molecular complexity index is 1300. The number of hydrogen-bond acceptors (Lipinski definition) is 5. The highest BCUT2D eigenvalue weighted by molar-refractivity contribution is 7.93. The molecule has 0 saturated heterocycles. The number of likely N-dealkylation sites (N-methyl/N-ethyl adjacent to an activating group) is 1. The highest BCUT2D eigenvalue weighted by atomic mass is 32.2. The average Bonchev–Trinajstić information content (AvgIpc) is 2.84. The molecule has 0 N–H and O–H groups in total. The summed E-state index contributed by atoms with van der Waals surface area (Å²) in [5.41, 5.74) is 3.95. The summed E-state index contributed by atoms with van der Waals surface area (Å²) in [4.78, 5) is 14.8. The molecule has 186 valence electrons. The van der Waals surface area contributed by atoms with Crippen LogP contribution >= 0.6 is 0 Å². The van der Waals surface area contributed by atoms with Gasteiger partial charge < -0.3 is 14.4 Å². The third kappa shape index (κ3) is 5.77. The van der Waals surface area contributed by atoms with Gasteiger partial charge in [-0.2, -0.15) is 0 Å². The minimum absolute atomic E-state index is 0.00415. The highest BCUT2D eigenvalue weighted by Gasteiger charge is 2.31. The lowest BCUT2D eigenvalue weighted by molar-refractivity contribution is -0.116. The Labute approximate surface area is 207 Å². The van der Waals surface area contributed by atoms with Gasteiger partial charge in [-0.25, -0.2) is 8.42 Å². The molecular formula is C27H32N2O5S. The Hall–Kier alpha value is -3.52. The van der Waals surface area contributed by atoms with E-state index in [0.717, 1.165) is 21.0 Å². The zero-order valence-corrected chi connectivity index (χ0v) is 21.8. The van der Waals surface area contributed by atoms with E-state index < -0.39 is 16.6 Å². The summed E-state index contributed by atoms with van der Waals surface area (Å²) in [5.74, 6) is 0.444. The monoisotopic (exact) mass is 496 g/mol. The zero-order chi connectivity index (χ0) is 25.8. The molecule has 3 rings (SSSR count). The molecule has 0 atom stereocenters. The van der Waals surface area contributed by atoms with Crippen LogP contribution in [0.3, 0.4) is 0 Å². The van der Waals surface area contributed by atoms with Crippen LogP contribution in [0.15, 0.2) is 65.6 Å². The molecule has 3 aromatic rings. The first-order chi connectivity index (χ1) is 16.6. The Balaban J connectivity index is 2.05. The number of carbonyl (C=O) groups is 1. The van der Waals surface area contributed by atoms with Gasteiger partial charge >= 0.3 is 0 Å². The molecule has 0 fully saturated rings. The molecule has 1 amide bonds. The molecule has 0 spiro atoms. The second-order valence-electron chi connectivity index (χ2n) is 8.31. The van der Waals surface area contributed by atoms with Crippen LogP contribution in [0.4, 0.5) is 11.4 Å². The van der Waals surface area contributed by atoms with E-state index in [9.17, 15) is 13.2 Å². The fourth-order valence-corrected chi connectivity index (χ4v) is 5.26. The van der Waals surface area contributed by atoms with Crippen LogP contribution in [0.25, 0.3) is 0 Å². The lowest BCUT2D eigenvalue weighted by atomic mass is 10.1. The number of carbonyl (C=O) groups excluding carboxylic acids is 1. The third-order valence-electron chi connectivity index (χ3n) is 5.85. The number of sulfonamides is 1. The summed E-state index contributed by atoms with van der Waals surface area (Å²) in [6.45, 7) is 7.74. The Morgan fingerprint density at radius 1 is 0.886 bits per heavy atom. The van der Waals surface area contributed by atoms with E-state index in [2.05, 4.69) is 0 Å². The summed E-state index contributed by atoms with van der Waals surface area (Å²) < 4.78 is 39.8. The molecule has 0 aromatic heterocycles. The standard InChI is InChI=1S/C27H32N2O5S/c1-7-34-24-13-11-22(12-14-24)29(35(31,32)26-16-19(2)8-15-25(26)33-6)18-27(30)28(5)23-10-9-20(3)21(4)17-23/h8-17H,7,18H2,1-6H3. The van der Waals surface area contributed by atoms with Gasteiger partial charge in [-0.15, -0.1) is 0 Å². The molecule has 7 nitrogen and oxygen atoms in total. The van der Waals surface area contributed by atoms with E-state index in [0.29, 0.717) is 23.7 Å². The normalized spacial score (nSPS) is 11.1. The van der Waals surface area contributed by atoms with Crippen molar-refractivity contribution in [2.75, 3.05) is 36.5 Å². The second kappa shape index (κ2) is 10.8. The lowest BCUT2D eigenvalue weighted by Crippen LogP contribution is -2.42. The number of benzene rings is 3. The van der Waals surface area contributed by atoms with Crippen molar-refractivity contribution in [2.45, 2.75) is 32.6 Å². The van der Waals surface area contributed by atoms with E-state index in [1.54, 1.807) is 56.4 Å². The van der Waals surface area contributed by atoms with Gasteiger partial charge in [-0.3, -0.25) is 9.10 Å². The first-order valence-electron chi connectivity index (χ1n) is 11.3. The van der Waals surface area contributed by atoms with Crippen molar-refractivity contribution in [3.05, 3.63) is 77.4 Å². The van der Waals surface area contributed by atoms with Gasteiger partial charge in [0.05, 0.1) is 19.4 Å². The van der Waals surface area contributed by atoms with Gasteiger partial charge in [-0.1, -0.05) is 12.1 Å². The maximum atomic E-state index is 13.9. The first-order valence-corrected chi connectivity index (χ1v) is 12.8. The van der Waals surface area contributed by atoms with Crippen LogP contribution in [-0.4, -0.2) is 41.6 Å². The Morgan fingerprint density at radius 2 is 1.54 bits per heavy atom. The smallest absolute Gasteiger partial charge is 0.268 e. The fraction of sp³-hybridized carbons (Fsp3) is 0.296. The van der Waals surface area contributed by atoms with Gasteiger partial charge in [0.25, 0.3) is 10.0 Å². The molecule has 0 unspecified atom stereocenters. The molecule has 3 aromatic carbocycles. The van der Waals surface area contributed by atoms with E-state index in [-0.39, 0.29) is 16.6 Å². The zero-order valence-electron chi connectivity index (χ0n) is 21.0. The third-order valence-corrected chi connectivity index (χ3v) is 7.65. The van der Waals surface area contributed by atoms with E-state index in [1.807, 2.05) is 39.0 Å². The predicted octanol–water partition coefficient (Wildman–Crippen LogP) is 4.88. The molecular weight excluding hydrogens is 464 g/mol. The summed E-state index contributed by atoms with van der Waals surface area (Å²) >= 11 is 0. The van der Waals surface area contributed by atoms with Crippen LogP contribution in [0.1, 0.15) is 23.6 Å². The predicted molar refractivity (Wildman–Crippen MR) is 139 cm³/mol. The number of hydrogen-bond donors (Lipinski definition) is 0. The van der Waals surface area contributed by atoms with Crippen molar-refractivity contribution in [1.29, 1.82) is 0 Å². The molecule has 0 saturated carbocycles. The lowest BCUT2D eigenvalue weighted by Gasteiger charge is -2.27. The molecule has 35 heavy (non-hydrogen) atoms. The first kappa shape index (κ1) is 26.1. The van der Waals surface area contributed by atoms with Crippen molar-refractivity contribution < 1.29 is 22.7 Å². The maximum Gasteiger partial charge on any atom is 0.268 e. The molecule has 0 aliphatic heterocycles. The number of ether oxygens (including phenoxy) is 2. The van der Waals surface area contributed by atoms with Crippen molar-refractivity contribution >= 4 is 27.3 Å². The van der Waals surface area contributed by atoms with Crippen LogP contribution < -0.4 is 18.7 Å². The van der Waals surface area contributed by atoms with Crippen molar-refractivity contribution in [2.24, 2.45) is 0 Å². The fourth-order valence-electron chi connectivity index (χ4n) is 3.60. The summed E-state index contributed by atoms with van der Waals surface area (Å²) in [6.07, 6.45) is 0. The number of anilines is 2. The minimum atomic E-state index is -4.15. The van der Waals surface area contributed by atoms with Crippen molar-refractivity contribution in [3.63, 3.8) is 0 Å². The number of rotatable bonds is 9. The maximum absolute atomic E-state index is 13.9. The van der Waals surface area contributed by atoms with E-state index in [4.69, 9.17) is 9.47 Å². The van der Waals surface area contributed by atoms with E-state index >= 15 is 0 Å². The number of amides is 1. The molecule has 0 aliphatic carbocycles.